The molecule has 0 bridgehead atoms. The van der Waals surface area contributed by atoms with Crippen molar-refractivity contribution in [3.63, 3.8) is 0 Å². The van der Waals surface area contributed by atoms with Crippen molar-refractivity contribution in [1.29, 1.82) is 0 Å². The molecule has 1 N–H and O–H groups in total. The summed E-state index contributed by atoms with van der Waals surface area (Å²) in [5, 5.41) is 18.9. The van der Waals surface area contributed by atoms with Crippen LogP contribution in [0, 0.1) is 17.0 Å². The number of hydrogen-bond acceptors (Lipinski definition) is 5. The van der Waals surface area contributed by atoms with Crippen LogP contribution >= 0.6 is 0 Å². The molecule has 1 saturated heterocycles. The number of likely N-dealkylation sites (N-methyl/N-ethyl adjacent to an activating group) is 1. The minimum atomic E-state index is -0.293. The Bertz CT molecular complexity index is 485. The number of nitrogens with one attached hydrogen (secondary N) is 1. The van der Waals surface area contributed by atoms with Gasteiger partial charge in [-0.05, 0) is 33.2 Å². The average molecular weight is 281 g/mol. The summed E-state index contributed by atoms with van der Waals surface area (Å²) in [5.41, 5.74) is 0.676. The van der Waals surface area contributed by atoms with Crippen LogP contribution in [0.5, 0.6) is 0 Å². The van der Waals surface area contributed by atoms with E-state index in [0.29, 0.717) is 24.1 Å². The van der Waals surface area contributed by atoms with Crippen molar-refractivity contribution in [2.75, 3.05) is 25.0 Å². The third-order valence-corrected chi connectivity index (χ3v) is 3.78. The highest BCUT2D eigenvalue weighted by molar-refractivity contribution is 5.62. The molecule has 0 amide bonds. The largest absolute Gasteiger partial charge is 0.347 e. The second kappa shape index (κ2) is 6.21. The monoisotopic (exact) mass is 281 g/mol. The molecule has 0 aliphatic carbocycles. The summed E-state index contributed by atoms with van der Waals surface area (Å²) < 4.78 is 1.81. The number of aromatic nitrogens is 2. The van der Waals surface area contributed by atoms with Gasteiger partial charge in [0.05, 0.1) is 4.92 Å². The number of nitrogens with zero attached hydrogens (tertiary/aromatic N) is 4. The summed E-state index contributed by atoms with van der Waals surface area (Å²) in [6, 6.07) is 0.311. The standard InChI is InChI=1S/C13H23N5O2/c1-4-7-17-13(12(18(19)20)10(2)15-17)16-8-5-6-11(16)9-14-3/h11,14H,4-9H2,1-3H3. The lowest BCUT2D eigenvalue weighted by Crippen LogP contribution is -2.38. The van der Waals surface area contributed by atoms with Crippen molar-refractivity contribution < 1.29 is 4.92 Å². The first-order chi connectivity index (χ1) is 9.60. The van der Waals surface area contributed by atoms with Gasteiger partial charge in [-0.25, -0.2) is 4.68 Å². The van der Waals surface area contributed by atoms with E-state index < -0.39 is 0 Å². The zero-order valence-electron chi connectivity index (χ0n) is 12.4. The highest BCUT2D eigenvalue weighted by Crippen LogP contribution is 2.36. The highest BCUT2D eigenvalue weighted by Gasteiger charge is 2.35. The molecule has 0 radical (unpaired) electrons. The first kappa shape index (κ1) is 14.8. The van der Waals surface area contributed by atoms with E-state index in [9.17, 15) is 10.1 Å². The van der Waals surface area contributed by atoms with Gasteiger partial charge < -0.3 is 10.2 Å². The molecule has 1 unspecified atom stereocenters. The van der Waals surface area contributed by atoms with Crippen molar-refractivity contribution in [2.45, 2.75) is 45.7 Å². The van der Waals surface area contributed by atoms with Crippen LogP contribution in [0.2, 0.25) is 0 Å². The molecule has 2 heterocycles. The van der Waals surface area contributed by atoms with Gasteiger partial charge in [-0.15, -0.1) is 0 Å². The van der Waals surface area contributed by atoms with Gasteiger partial charge in [-0.1, -0.05) is 6.92 Å². The quantitative estimate of drug-likeness (QED) is 0.634. The molecule has 1 fully saturated rings. The Kier molecular flexibility index (Phi) is 4.59. The summed E-state index contributed by atoms with van der Waals surface area (Å²) in [5.74, 6) is 0.687. The van der Waals surface area contributed by atoms with E-state index in [4.69, 9.17) is 0 Å². The van der Waals surface area contributed by atoms with Crippen LogP contribution < -0.4 is 10.2 Å². The van der Waals surface area contributed by atoms with E-state index in [1.165, 1.54) is 0 Å². The van der Waals surface area contributed by atoms with Gasteiger partial charge in [0.15, 0.2) is 0 Å². The number of aryl methyl sites for hydroxylation is 2. The summed E-state index contributed by atoms with van der Waals surface area (Å²) in [6.45, 7) is 6.20. The summed E-state index contributed by atoms with van der Waals surface area (Å²) in [6.07, 6.45) is 3.05. The van der Waals surface area contributed by atoms with Crippen molar-refractivity contribution in [1.82, 2.24) is 15.1 Å². The van der Waals surface area contributed by atoms with Gasteiger partial charge in [0, 0.05) is 25.7 Å². The van der Waals surface area contributed by atoms with Crippen molar-refractivity contribution in [3.05, 3.63) is 15.8 Å². The van der Waals surface area contributed by atoms with Gasteiger partial charge in [-0.2, -0.15) is 5.10 Å². The molecule has 7 nitrogen and oxygen atoms in total. The third-order valence-electron chi connectivity index (χ3n) is 3.78. The average Bonchev–Trinajstić information content (AvgIpc) is 2.94. The van der Waals surface area contributed by atoms with Crippen LogP contribution in [0.1, 0.15) is 31.9 Å². The second-order valence-electron chi connectivity index (χ2n) is 5.28. The molecule has 2 rings (SSSR count). The minimum absolute atomic E-state index is 0.168. The Morgan fingerprint density at radius 3 is 2.90 bits per heavy atom. The van der Waals surface area contributed by atoms with E-state index in [1.807, 2.05) is 7.05 Å². The molecule has 0 aromatic carbocycles. The first-order valence-electron chi connectivity index (χ1n) is 7.23. The van der Waals surface area contributed by atoms with Crippen LogP contribution in [0.25, 0.3) is 0 Å². The van der Waals surface area contributed by atoms with Crippen LogP contribution in [0.3, 0.4) is 0 Å². The molecule has 7 heteroatoms. The number of hydrogen-bond donors (Lipinski definition) is 1. The van der Waals surface area contributed by atoms with Crippen molar-refractivity contribution >= 4 is 11.5 Å². The molecule has 0 saturated carbocycles. The summed E-state index contributed by atoms with van der Waals surface area (Å²) in [7, 11) is 1.92. The fourth-order valence-corrected chi connectivity index (χ4v) is 2.99. The van der Waals surface area contributed by atoms with E-state index in [0.717, 1.165) is 32.4 Å². The maximum Gasteiger partial charge on any atom is 0.333 e. The Hall–Kier alpha value is -1.63. The lowest BCUT2D eigenvalue weighted by Gasteiger charge is -2.26. The SMILES string of the molecule is CCCn1nc(C)c([N+](=O)[O-])c1N1CCCC1CNC. The summed E-state index contributed by atoms with van der Waals surface area (Å²) in [4.78, 5) is 13.3. The lowest BCUT2D eigenvalue weighted by molar-refractivity contribution is -0.384. The molecular weight excluding hydrogens is 258 g/mol. The van der Waals surface area contributed by atoms with E-state index >= 15 is 0 Å². The molecule has 0 spiro atoms. The topological polar surface area (TPSA) is 76.2 Å². The zero-order valence-corrected chi connectivity index (χ0v) is 12.4. The Balaban J connectivity index is 2.44. The highest BCUT2D eigenvalue weighted by atomic mass is 16.6. The number of rotatable bonds is 6. The fraction of sp³-hybridized carbons (Fsp3) is 0.769. The summed E-state index contributed by atoms with van der Waals surface area (Å²) >= 11 is 0. The predicted molar refractivity (Wildman–Crippen MR) is 78.2 cm³/mol. The number of anilines is 1. The van der Waals surface area contributed by atoms with Gasteiger partial charge >= 0.3 is 5.69 Å². The molecular formula is C13H23N5O2. The zero-order chi connectivity index (χ0) is 14.7. The Morgan fingerprint density at radius 1 is 1.55 bits per heavy atom. The van der Waals surface area contributed by atoms with Crippen LogP contribution in [-0.2, 0) is 6.54 Å². The van der Waals surface area contributed by atoms with Crippen LogP contribution in [0.4, 0.5) is 11.5 Å². The second-order valence-corrected chi connectivity index (χ2v) is 5.28. The van der Waals surface area contributed by atoms with Crippen LogP contribution in [-0.4, -0.2) is 40.9 Å². The smallest absolute Gasteiger partial charge is 0.333 e. The third kappa shape index (κ3) is 2.63. The lowest BCUT2D eigenvalue weighted by atomic mass is 10.2. The van der Waals surface area contributed by atoms with E-state index in [1.54, 1.807) is 11.6 Å². The molecule has 20 heavy (non-hydrogen) atoms. The molecule has 1 aromatic heterocycles. The van der Waals surface area contributed by atoms with E-state index in [2.05, 4.69) is 22.2 Å². The van der Waals surface area contributed by atoms with Crippen LogP contribution in [0.15, 0.2) is 0 Å². The van der Waals surface area contributed by atoms with Crippen molar-refractivity contribution in [2.24, 2.45) is 0 Å². The van der Waals surface area contributed by atoms with Gasteiger partial charge in [0.25, 0.3) is 0 Å². The van der Waals surface area contributed by atoms with Gasteiger partial charge in [-0.3, -0.25) is 10.1 Å². The first-order valence-corrected chi connectivity index (χ1v) is 7.23. The Morgan fingerprint density at radius 2 is 2.30 bits per heavy atom. The number of nitro groups is 1. The maximum atomic E-state index is 11.4. The maximum absolute atomic E-state index is 11.4. The fourth-order valence-electron chi connectivity index (χ4n) is 2.99. The van der Waals surface area contributed by atoms with E-state index in [-0.39, 0.29) is 10.6 Å². The molecule has 1 aliphatic heterocycles. The van der Waals surface area contributed by atoms with Gasteiger partial charge in [0.2, 0.25) is 5.82 Å². The molecule has 1 aromatic rings. The minimum Gasteiger partial charge on any atom is -0.347 e. The molecule has 1 atom stereocenters. The van der Waals surface area contributed by atoms with Crippen molar-refractivity contribution in [3.8, 4) is 0 Å². The normalized spacial score (nSPS) is 18.8. The predicted octanol–water partition coefficient (Wildman–Crippen LogP) is 1.70. The van der Waals surface area contributed by atoms with Gasteiger partial charge in [0.1, 0.15) is 5.69 Å². The Labute approximate surface area is 119 Å². The molecule has 1 aliphatic rings. The molecule has 112 valence electrons.